The lowest BCUT2D eigenvalue weighted by molar-refractivity contribution is -0.123. The van der Waals surface area contributed by atoms with E-state index in [9.17, 15) is 13.2 Å². The van der Waals surface area contributed by atoms with E-state index in [4.69, 9.17) is 11.6 Å². The number of sulfonamides is 1. The first-order valence-electron chi connectivity index (χ1n) is 4.70. The molecule has 0 bridgehead atoms. The van der Waals surface area contributed by atoms with Crippen LogP contribution in [0.5, 0.6) is 0 Å². The van der Waals surface area contributed by atoms with Gasteiger partial charge < -0.3 is 5.32 Å². The molecule has 0 atom stereocenters. The predicted molar refractivity (Wildman–Crippen MR) is 60.4 cm³/mol. The Balaban J connectivity index is 3.68. The molecule has 0 aromatic heterocycles. The van der Waals surface area contributed by atoms with Crippen molar-refractivity contribution in [1.29, 1.82) is 0 Å². The van der Waals surface area contributed by atoms with E-state index in [-0.39, 0.29) is 30.0 Å². The lowest BCUT2D eigenvalue weighted by Gasteiger charge is -2.08. The van der Waals surface area contributed by atoms with Crippen LogP contribution in [-0.2, 0) is 14.8 Å². The first kappa shape index (κ1) is 14.7. The maximum Gasteiger partial charge on any atom is 0.222 e. The molecule has 7 heteroatoms. The molecule has 90 valence electrons. The Morgan fingerprint density at radius 2 is 1.93 bits per heavy atom. The van der Waals surface area contributed by atoms with Crippen LogP contribution in [0.15, 0.2) is 0 Å². The highest BCUT2D eigenvalue weighted by Crippen LogP contribution is 1.89. The third kappa shape index (κ3) is 7.58. The smallest absolute Gasteiger partial charge is 0.222 e. The Labute approximate surface area is 95.6 Å². The summed E-state index contributed by atoms with van der Waals surface area (Å²) in [6.45, 7) is 4.02. The highest BCUT2D eigenvalue weighted by molar-refractivity contribution is 7.89. The molecule has 0 saturated heterocycles. The van der Waals surface area contributed by atoms with E-state index in [1.165, 1.54) is 0 Å². The number of carbonyl (C=O) groups excluding carboxylic acids is 1. The topological polar surface area (TPSA) is 75.3 Å². The van der Waals surface area contributed by atoms with Gasteiger partial charge in [0.25, 0.3) is 0 Å². The minimum atomic E-state index is -3.28. The molecule has 5 nitrogen and oxygen atoms in total. The van der Waals surface area contributed by atoms with Crippen molar-refractivity contribution in [2.75, 3.05) is 24.7 Å². The Morgan fingerprint density at radius 3 is 2.40 bits per heavy atom. The van der Waals surface area contributed by atoms with E-state index in [2.05, 4.69) is 10.0 Å². The molecule has 2 N–H and O–H groups in total. The summed E-state index contributed by atoms with van der Waals surface area (Å²) in [5.41, 5.74) is 0. The van der Waals surface area contributed by atoms with Crippen LogP contribution < -0.4 is 10.0 Å². The summed E-state index contributed by atoms with van der Waals surface area (Å²) in [7, 11) is -3.28. The van der Waals surface area contributed by atoms with Crippen LogP contribution in [0.1, 0.15) is 13.8 Å². The second-order valence-corrected chi connectivity index (χ2v) is 5.65. The SMILES string of the molecule is CC(C)C(=O)NCCNS(=O)(=O)CCCl. The Bertz CT molecular complexity index is 290. The molecule has 0 aliphatic carbocycles. The normalized spacial score (nSPS) is 11.7. The Morgan fingerprint density at radius 1 is 1.33 bits per heavy atom. The molecule has 0 heterocycles. The molecule has 0 aliphatic rings. The monoisotopic (exact) mass is 256 g/mol. The van der Waals surface area contributed by atoms with Crippen LogP contribution in [0.3, 0.4) is 0 Å². The summed E-state index contributed by atoms with van der Waals surface area (Å²) in [5, 5.41) is 2.60. The van der Waals surface area contributed by atoms with Crippen LogP contribution >= 0.6 is 11.6 Å². The molecule has 0 unspecified atom stereocenters. The molecule has 0 saturated carbocycles. The first-order chi connectivity index (χ1) is 6.89. The third-order valence-electron chi connectivity index (χ3n) is 1.62. The van der Waals surface area contributed by atoms with Gasteiger partial charge in [-0.25, -0.2) is 13.1 Å². The average Bonchev–Trinajstić information content (AvgIpc) is 2.11. The van der Waals surface area contributed by atoms with Gasteiger partial charge in [0.15, 0.2) is 0 Å². The zero-order valence-corrected chi connectivity index (χ0v) is 10.5. The second-order valence-electron chi connectivity index (χ2n) is 3.35. The van der Waals surface area contributed by atoms with Crippen molar-refractivity contribution in [3.05, 3.63) is 0 Å². The number of hydrogen-bond acceptors (Lipinski definition) is 3. The number of amides is 1. The number of carbonyl (C=O) groups is 1. The van der Waals surface area contributed by atoms with E-state index in [1.807, 2.05) is 0 Å². The molecule has 0 aliphatic heterocycles. The van der Waals surface area contributed by atoms with Crippen molar-refractivity contribution in [1.82, 2.24) is 10.0 Å². The number of halogens is 1. The van der Waals surface area contributed by atoms with Gasteiger partial charge in [-0.05, 0) is 0 Å². The molecule has 0 rings (SSSR count). The highest BCUT2D eigenvalue weighted by atomic mass is 35.5. The minimum Gasteiger partial charge on any atom is -0.355 e. The van der Waals surface area contributed by atoms with Crippen LogP contribution in [-0.4, -0.2) is 39.0 Å². The van der Waals surface area contributed by atoms with Crippen LogP contribution in [0, 0.1) is 5.92 Å². The van der Waals surface area contributed by atoms with Crippen LogP contribution in [0.4, 0.5) is 0 Å². The van der Waals surface area contributed by atoms with Gasteiger partial charge in [0, 0.05) is 24.9 Å². The zero-order valence-electron chi connectivity index (χ0n) is 8.92. The third-order valence-corrected chi connectivity index (χ3v) is 3.42. The predicted octanol–water partition coefficient (Wildman–Crippen LogP) is -0.0832. The number of nitrogens with one attached hydrogen (secondary N) is 2. The lowest BCUT2D eigenvalue weighted by atomic mass is 10.2. The van der Waals surface area contributed by atoms with Gasteiger partial charge in [-0.3, -0.25) is 4.79 Å². The lowest BCUT2D eigenvalue weighted by Crippen LogP contribution is -2.37. The zero-order chi connectivity index (χ0) is 11.9. The van der Waals surface area contributed by atoms with Crippen molar-refractivity contribution < 1.29 is 13.2 Å². The Kier molecular flexibility index (Phi) is 6.87. The maximum atomic E-state index is 11.1. The number of rotatable bonds is 7. The summed E-state index contributed by atoms with van der Waals surface area (Å²) in [6, 6.07) is 0. The molecule has 0 spiro atoms. The molecule has 15 heavy (non-hydrogen) atoms. The molecular weight excluding hydrogens is 240 g/mol. The molecule has 0 aromatic rings. The minimum absolute atomic E-state index is 0.0632. The van der Waals surface area contributed by atoms with E-state index < -0.39 is 10.0 Å². The van der Waals surface area contributed by atoms with Crippen molar-refractivity contribution in [2.45, 2.75) is 13.8 Å². The summed E-state index contributed by atoms with van der Waals surface area (Å²) in [4.78, 5) is 11.1. The molecular formula is C8H17ClN2O3S. The van der Waals surface area contributed by atoms with Gasteiger partial charge in [-0.15, -0.1) is 11.6 Å². The summed E-state index contributed by atoms with van der Waals surface area (Å²) in [6.07, 6.45) is 0. The largest absolute Gasteiger partial charge is 0.355 e. The van der Waals surface area contributed by atoms with Gasteiger partial charge >= 0.3 is 0 Å². The van der Waals surface area contributed by atoms with Gasteiger partial charge in [-0.2, -0.15) is 0 Å². The van der Waals surface area contributed by atoms with Crippen LogP contribution in [0.25, 0.3) is 0 Å². The quantitative estimate of drug-likeness (QED) is 0.494. The van der Waals surface area contributed by atoms with Gasteiger partial charge in [0.1, 0.15) is 0 Å². The standard InChI is InChI=1S/C8H17ClN2O3S/c1-7(2)8(12)10-4-5-11-15(13,14)6-3-9/h7,11H,3-6H2,1-2H3,(H,10,12). The molecule has 0 fully saturated rings. The van der Waals surface area contributed by atoms with Gasteiger partial charge in [0.05, 0.1) is 5.75 Å². The van der Waals surface area contributed by atoms with E-state index >= 15 is 0 Å². The van der Waals surface area contributed by atoms with Gasteiger partial charge in [-0.1, -0.05) is 13.8 Å². The molecule has 0 aromatic carbocycles. The average molecular weight is 257 g/mol. The van der Waals surface area contributed by atoms with E-state index in [0.717, 1.165) is 0 Å². The number of alkyl halides is 1. The number of hydrogen-bond donors (Lipinski definition) is 2. The first-order valence-corrected chi connectivity index (χ1v) is 6.88. The van der Waals surface area contributed by atoms with E-state index in [0.29, 0.717) is 6.54 Å². The molecule has 0 radical (unpaired) electrons. The highest BCUT2D eigenvalue weighted by Gasteiger charge is 2.09. The van der Waals surface area contributed by atoms with Crippen LogP contribution in [0.2, 0.25) is 0 Å². The maximum absolute atomic E-state index is 11.1. The van der Waals surface area contributed by atoms with Crippen molar-refractivity contribution in [2.24, 2.45) is 5.92 Å². The fourth-order valence-electron chi connectivity index (χ4n) is 0.770. The fourth-order valence-corrected chi connectivity index (χ4v) is 2.14. The summed E-state index contributed by atoms with van der Waals surface area (Å²) in [5.74, 6) is -0.226. The summed E-state index contributed by atoms with van der Waals surface area (Å²) < 4.78 is 24.5. The van der Waals surface area contributed by atoms with Crippen molar-refractivity contribution in [3.8, 4) is 0 Å². The Hall–Kier alpha value is -0.330. The fraction of sp³-hybridized carbons (Fsp3) is 0.875. The van der Waals surface area contributed by atoms with Crippen molar-refractivity contribution >= 4 is 27.5 Å². The van der Waals surface area contributed by atoms with Crippen molar-refractivity contribution in [3.63, 3.8) is 0 Å². The van der Waals surface area contributed by atoms with Gasteiger partial charge in [0.2, 0.25) is 15.9 Å². The summed E-state index contributed by atoms with van der Waals surface area (Å²) >= 11 is 5.30. The molecule has 1 amide bonds. The van der Waals surface area contributed by atoms with E-state index in [1.54, 1.807) is 13.8 Å². The second kappa shape index (κ2) is 7.03.